The van der Waals surface area contributed by atoms with Crippen LogP contribution in [0.4, 0.5) is 8.78 Å². The maximum absolute atomic E-state index is 14.0. The van der Waals surface area contributed by atoms with Crippen molar-refractivity contribution in [1.82, 2.24) is 0 Å². The number of hydrogen-bond acceptors (Lipinski definition) is 6. The van der Waals surface area contributed by atoms with Gasteiger partial charge >= 0.3 is 5.97 Å². The van der Waals surface area contributed by atoms with E-state index < -0.39 is 17.7 Å². The molecule has 0 aliphatic carbocycles. The Kier molecular flexibility index (Phi) is 6.74. The number of hydrogen-bond donors (Lipinski definition) is 1. The third-order valence-electron chi connectivity index (χ3n) is 6.06. The molecule has 2 N–H and O–H groups in total. The van der Waals surface area contributed by atoms with Crippen molar-refractivity contribution in [2.75, 3.05) is 0 Å². The fourth-order valence-electron chi connectivity index (χ4n) is 4.16. The predicted molar refractivity (Wildman–Crippen MR) is 134 cm³/mol. The average Bonchev–Trinajstić information content (AvgIpc) is 2.92. The van der Waals surface area contributed by atoms with Crippen molar-refractivity contribution in [3.8, 4) is 23.3 Å². The van der Waals surface area contributed by atoms with E-state index in [1.54, 1.807) is 48.5 Å². The van der Waals surface area contributed by atoms with Crippen molar-refractivity contribution in [3.63, 3.8) is 0 Å². The van der Waals surface area contributed by atoms with Gasteiger partial charge in [-0.15, -0.1) is 0 Å². The molecular weight excluding hydrogens is 490 g/mol. The number of esters is 1. The van der Waals surface area contributed by atoms with Crippen molar-refractivity contribution < 1.29 is 27.8 Å². The molecule has 0 saturated carbocycles. The fourth-order valence-corrected chi connectivity index (χ4v) is 4.16. The van der Waals surface area contributed by atoms with Crippen LogP contribution in [0, 0.1) is 23.0 Å². The van der Waals surface area contributed by atoms with Gasteiger partial charge in [-0.1, -0.05) is 48.5 Å². The van der Waals surface area contributed by atoms with Crippen LogP contribution in [0.25, 0.3) is 0 Å². The second-order valence-electron chi connectivity index (χ2n) is 8.44. The van der Waals surface area contributed by atoms with E-state index in [0.29, 0.717) is 22.6 Å². The molecule has 0 saturated heterocycles. The van der Waals surface area contributed by atoms with Gasteiger partial charge in [-0.25, -0.2) is 13.6 Å². The van der Waals surface area contributed by atoms with Crippen molar-refractivity contribution in [2.24, 2.45) is 5.73 Å². The molecule has 1 aliphatic heterocycles. The molecule has 1 aliphatic rings. The molecule has 0 radical (unpaired) electrons. The summed E-state index contributed by atoms with van der Waals surface area (Å²) in [5.41, 5.74) is 7.88. The van der Waals surface area contributed by atoms with Gasteiger partial charge in [0.1, 0.15) is 47.1 Å². The van der Waals surface area contributed by atoms with Gasteiger partial charge in [0.15, 0.2) is 0 Å². The lowest BCUT2D eigenvalue weighted by molar-refractivity contribution is 0.0729. The summed E-state index contributed by atoms with van der Waals surface area (Å²) in [5.74, 6) is -1.59. The summed E-state index contributed by atoms with van der Waals surface area (Å²) < 4.78 is 44.6. The predicted octanol–water partition coefficient (Wildman–Crippen LogP) is 5.98. The summed E-state index contributed by atoms with van der Waals surface area (Å²) in [6.07, 6.45) is 0. The van der Waals surface area contributed by atoms with Gasteiger partial charge in [-0.05, 0) is 42.0 Å². The van der Waals surface area contributed by atoms with Crippen LogP contribution in [0.1, 0.15) is 33.0 Å². The number of carbonyl (C=O) groups is 1. The first-order valence-corrected chi connectivity index (χ1v) is 11.6. The largest absolute Gasteiger partial charge is 0.489 e. The van der Waals surface area contributed by atoms with Crippen LogP contribution >= 0.6 is 0 Å². The highest BCUT2D eigenvalue weighted by atomic mass is 19.1. The van der Waals surface area contributed by atoms with Crippen LogP contribution < -0.4 is 19.9 Å². The lowest BCUT2D eigenvalue weighted by Crippen LogP contribution is -2.21. The third-order valence-corrected chi connectivity index (χ3v) is 6.06. The SMILES string of the molecule is N#CC1=C(N)Oc2cc(OC(=O)c3ccccc3F)ccc2C1c1ccc(OCc2ccccc2F)cc1. The number of benzene rings is 4. The number of rotatable bonds is 6. The molecule has 0 bridgehead atoms. The van der Waals surface area contributed by atoms with Crippen LogP contribution in [-0.2, 0) is 6.61 Å². The van der Waals surface area contributed by atoms with E-state index in [1.807, 2.05) is 0 Å². The van der Waals surface area contributed by atoms with Gasteiger partial charge in [-0.2, -0.15) is 5.26 Å². The molecule has 8 heteroatoms. The van der Waals surface area contributed by atoms with Crippen LogP contribution in [0.15, 0.2) is 102 Å². The van der Waals surface area contributed by atoms with Crippen molar-refractivity contribution in [2.45, 2.75) is 12.5 Å². The van der Waals surface area contributed by atoms with Gasteiger partial charge in [-0.3, -0.25) is 0 Å². The minimum atomic E-state index is -0.859. The molecule has 4 aromatic rings. The summed E-state index contributed by atoms with van der Waals surface area (Å²) in [5, 5.41) is 9.80. The topological polar surface area (TPSA) is 94.6 Å². The Balaban J connectivity index is 1.39. The minimum Gasteiger partial charge on any atom is -0.489 e. The average molecular weight is 510 g/mol. The Morgan fingerprint density at radius 1 is 0.921 bits per heavy atom. The van der Waals surface area contributed by atoms with E-state index in [0.717, 1.165) is 5.56 Å². The molecule has 38 heavy (non-hydrogen) atoms. The lowest BCUT2D eigenvalue weighted by atomic mass is 9.83. The van der Waals surface area contributed by atoms with E-state index >= 15 is 0 Å². The summed E-state index contributed by atoms with van der Waals surface area (Å²) in [4.78, 5) is 12.4. The first-order chi connectivity index (χ1) is 18.4. The quantitative estimate of drug-likeness (QED) is 0.253. The molecular formula is C30H20F2N2O4. The number of carbonyl (C=O) groups excluding carboxylic acids is 1. The van der Waals surface area contributed by atoms with Crippen LogP contribution in [0.5, 0.6) is 17.2 Å². The monoisotopic (exact) mass is 510 g/mol. The Labute approximate surface area is 217 Å². The van der Waals surface area contributed by atoms with Gasteiger partial charge in [0, 0.05) is 17.2 Å². The van der Waals surface area contributed by atoms with Crippen LogP contribution in [-0.4, -0.2) is 5.97 Å². The fraction of sp³-hybridized carbons (Fsp3) is 0.0667. The van der Waals surface area contributed by atoms with Crippen molar-refractivity contribution in [3.05, 3.63) is 136 Å². The zero-order valence-electron chi connectivity index (χ0n) is 19.9. The van der Waals surface area contributed by atoms with Gasteiger partial charge in [0.2, 0.25) is 5.88 Å². The molecule has 0 fully saturated rings. The van der Waals surface area contributed by atoms with Gasteiger partial charge in [0.25, 0.3) is 0 Å². The molecule has 0 amide bonds. The Morgan fingerprint density at radius 3 is 2.32 bits per heavy atom. The van der Waals surface area contributed by atoms with E-state index in [-0.39, 0.29) is 35.2 Å². The standard InChI is InChI=1S/C30H20F2N2O4/c31-25-7-3-1-5-19(25)17-36-20-11-9-18(10-12-20)28-23-14-13-21(15-27(23)38-29(34)24(28)16-33)37-30(35)22-6-2-4-8-26(22)32/h1-15,28H,17,34H2. The van der Waals surface area contributed by atoms with Gasteiger partial charge in [0.05, 0.1) is 11.5 Å². The number of nitrogens with zero attached hydrogens (tertiary/aromatic N) is 1. The molecule has 1 atom stereocenters. The Morgan fingerprint density at radius 2 is 1.61 bits per heavy atom. The molecule has 0 aromatic heterocycles. The third kappa shape index (κ3) is 4.90. The first-order valence-electron chi connectivity index (χ1n) is 11.6. The normalized spacial score (nSPS) is 14.2. The minimum absolute atomic E-state index is 0.0663. The zero-order valence-corrected chi connectivity index (χ0v) is 19.9. The van der Waals surface area contributed by atoms with Gasteiger partial charge < -0.3 is 19.9 Å². The highest BCUT2D eigenvalue weighted by Gasteiger charge is 2.31. The van der Waals surface area contributed by atoms with E-state index in [1.165, 1.54) is 42.5 Å². The molecule has 0 spiro atoms. The molecule has 6 nitrogen and oxygen atoms in total. The second kappa shape index (κ2) is 10.4. The summed E-state index contributed by atoms with van der Waals surface area (Å²) in [6, 6.07) is 25.7. The van der Waals surface area contributed by atoms with E-state index in [9.17, 15) is 18.8 Å². The molecule has 188 valence electrons. The number of halogens is 2. The number of ether oxygens (including phenoxy) is 3. The summed E-state index contributed by atoms with van der Waals surface area (Å²) in [6.45, 7) is 0.0663. The maximum Gasteiger partial charge on any atom is 0.346 e. The molecule has 1 unspecified atom stereocenters. The number of fused-ring (bicyclic) bond motifs is 1. The smallest absolute Gasteiger partial charge is 0.346 e. The number of allylic oxidation sites excluding steroid dienone is 1. The first kappa shape index (κ1) is 24.5. The maximum atomic E-state index is 14.0. The Bertz CT molecular complexity index is 1590. The number of nitrogens with two attached hydrogens (primary N) is 1. The van der Waals surface area contributed by atoms with Crippen LogP contribution in [0.3, 0.4) is 0 Å². The lowest BCUT2D eigenvalue weighted by Gasteiger charge is -2.26. The molecule has 4 aromatic carbocycles. The highest BCUT2D eigenvalue weighted by Crippen LogP contribution is 2.43. The van der Waals surface area contributed by atoms with Crippen molar-refractivity contribution in [1.29, 1.82) is 5.26 Å². The van der Waals surface area contributed by atoms with E-state index in [2.05, 4.69) is 6.07 Å². The zero-order chi connectivity index (χ0) is 26.6. The van der Waals surface area contributed by atoms with Crippen LogP contribution in [0.2, 0.25) is 0 Å². The second-order valence-corrected chi connectivity index (χ2v) is 8.44. The van der Waals surface area contributed by atoms with E-state index in [4.69, 9.17) is 19.9 Å². The Hall–Kier alpha value is -5.16. The summed E-state index contributed by atoms with van der Waals surface area (Å²) >= 11 is 0. The molecule has 1 heterocycles. The highest BCUT2D eigenvalue weighted by molar-refractivity contribution is 5.91. The van der Waals surface area contributed by atoms with Crippen molar-refractivity contribution >= 4 is 5.97 Å². The number of nitriles is 1. The molecule has 5 rings (SSSR count). The summed E-state index contributed by atoms with van der Waals surface area (Å²) in [7, 11) is 0.